The number of rotatable bonds is 2. The standard InChI is InChI=1S/C13H16ClF3N2.ClH/c1-9-7-19(3-2-18-9)8-10-4-11(13(15,16)17)6-12(14)5-10;/h4-6,9,18H,2-3,7-8H2,1H3;1H. The fourth-order valence-electron chi connectivity index (χ4n) is 2.32. The molecule has 7 heteroatoms. The number of nitrogens with one attached hydrogen (secondary N) is 1. The predicted octanol–water partition coefficient (Wildman–Crippen LogP) is 3.57. The first kappa shape index (κ1) is 17.6. The maximum absolute atomic E-state index is 12.7. The molecule has 2 rings (SSSR count). The minimum absolute atomic E-state index is 0. The molecule has 0 radical (unpaired) electrons. The number of benzene rings is 1. The van der Waals surface area contributed by atoms with E-state index >= 15 is 0 Å². The molecule has 1 aliphatic heterocycles. The monoisotopic (exact) mass is 328 g/mol. The highest BCUT2D eigenvalue weighted by molar-refractivity contribution is 6.30. The Hall–Kier alpha value is -0.490. The summed E-state index contributed by atoms with van der Waals surface area (Å²) in [6, 6.07) is 4.10. The van der Waals surface area contributed by atoms with Crippen molar-refractivity contribution in [2.24, 2.45) is 0 Å². The maximum Gasteiger partial charge on any atom is 0.416 e. The van der Waals surface area contributed by atoms with Gasteiger partial charge in [0.15, 0.2) is 0 Å². The van der Waals surface area contributed by atoms with Gasteiger partial charge in [-0.05, 0) is 30.7 Å². The van der Waals surface area contributed by atoms with Crippen molar-refractivity contribution in [1.82, 2.24) is 10.2 Å². The minimum atomic E-state index is -4.35. The van der Waals surface area contributed by atoms with Gasteiger partial charge in [0.2, 0.25) is 0 Å². The highest BCUT2D eigenvalue weighted by atomic mass is 35.5. The largest absolute Gasteiger partial charge is 0.416 e. The Labute approximate surface area is 127 Å². The van der Waals surface area contributed by atoms with Crippen LogP contribution in [0.25, 0.3) is 0 Å². The van der Waals surface area contributed by atoms with Crippen molar-refractivity contribution < 1.29 is 13.2 Å². The summed E-state index contributed by atoms with van der Waals surface area (Å²) in [6.07, 6.45) is -4.35. The van der Waals surface area contributed by atoms with Crippen LogP contribution in [0.5, 0.6) is 0 Å². The van der Waals surface area contributed by atoms with E-state index in [1.165, 1.54) is 6.07 Å². The van der Waals surface area contributed by atoms with E-state index in [0.717, 1.165) is 25.7 Å². The lowest BCUT2D eigenvalue weighted by atomic mass is 10.1. The Morgan fingerprint density at radius 1 is 1.35 bits per heavy atom. The number of alkyl halides is 3. The molecule has 114 valence electrons. The van der Waals surface area contributed by atoms with Crippen LogP contribution >= 0.6 is 24.0 Å². The minimum Gasteiger partial charge on any atom is -0.312 e. The summed E-state index contributed by atoms with van der Waals surface area (Å²) in [5.74, 6) is 0. The highest BCUT2D eigenvalue weighted by Crippen LogP contribution is 2.32. The molecule has 1 saturated heterocycles. The Bertz CT molecular complexity index is 452. The molecular weight excluding hydrogens is 312 g/mol. The molecule has 2 nitrogen and oxygen atoms in total. The Morgan fingerprint density at radius 2 is 2.05 bits per heavy atom. The molecule has 0 bridgehead atoms. The van der Waals surface area contributed by atoms with Crippen LogP contribution < -0.4 is 5.32 Å². The molecule has 0 aliphatic carbocycles. The number of piperazine rings is 1. The van der Waals surface area contributed by atoms with E-state index in [0.29, 0.717) is 18.2 Å². The van der Waals surface area contributed by atoms with Crippen molar-refractivity contribution >= 4 is 24.0 Å². The molecule has 0 aromatic heterocycles. The third-order valence-electron chi connectivity index (χ3n) is 3.14. The molecule has 1 aliphatic rings. The second kappa shape index (κ2) is 6.98. The number of halogens is 5. The normalized spacial score (nSPS) is 20.6. The van der Waals surface area contributed by atoms with Crippen LogP contribution in [-0.4, -0.2) is 30.6 Å². The van der Waals surface area contributed by atoms with E-state index in [1.54, 1.807) is 6.07 Å². The molecule has 1 heterocycles. The van der Waals surface area contributed by atoms with Crippen molar-refractivity contribution in [3.8, 4) is 0 Å². The van der Waals surface area contributed by atoms with Gasteiger partial charge < -0.3 is 5.32 Å². The van der Waals surface area contributed by atoms with Crippen molar-refractivity contribution in [2.75, 3.05) is 19.6 Å². The van der Waals surface area contributed by atoms with E-state index in [4.69, 9.17) is 11.6 Å². The van der Waals surface area contributed by atoms with Crippen molar-refractivity contribution in [3.63, 3.8) is 0 Å². The molecule has 1 aromatic carbocycles. The van der Waals surface area contributed by atoms with E-state index in [2.05, 4.69) is 17.1 Å². The summed E-state index contributed by atoms with van der Waals surface area (Å²) in [7, 11) is 0. The Balaban J connectivity index is 0.00000200. The topological polar surface area (TPSA) is 15.3 Å². The van der Waals surface area contributed by atoms with E-state index in [1.807, 2.05) is 0 Å². The van der Waals surface area contributed by atoms with Gasteiger partial charge in [0.25, 0.3) is 0 Å². The molecule has 0 saturated carbocycles. The van der Waals surface area contributed by atoms with Crippen LogP contribution in [0.3, 0.4) is 0 Å². The van der Waals surface area contributed by atoms with Crippen molar-refractivity contribution in [1.29, 1.82) is 0 Å². The van der Waals surface area contributed by atoms with Gasteiger partial charge in [0, 0.05) is 37.2 Å². The van der Waals surface area contributed by atoms with Crippen LogP contribution in [0.15, 0.2) is 18.2 Å². The summed E-state index contributed by atoms with van der Waals surface area (Å²) in [5.41, 5.74) is -0.0768. The fourth-order valence-corrected chi connectivity index (χ4v) is 2.58. The summed E-state index contributed by atoms with van der Waals surface area (Å²) < 4.78 is 38.1. The molecule has 1 N–H and O–H groups in total. The molecular formula is C13H17Cl2F3N2. The van der Waals surface area contributed by atoms with E-state index < -0.39 is 11.7 Å². The van der Waals surface area contributed by atoms with Crippen LogP contribution in [0.1, 0.15) is 18.1 Å². The lowest BCUT2D eigenvalue weighted by molar-refractivity contribution is -0.137. The smallest absolute Gasteiger partial charge is 0.312 e. The lowest BCUT2D eigenvalue weighted by Crippen LogP contribution is -2.48. The fraction of sp³-hybridized carbons (Fsp3) is 0.538. The van der Waals surface area contributed by atoms with Gasteiger partial charge >= 0.3 is 6.18 Å². The summed E-state index contributed by atoms with van der Waals surface area (Å²) >= 11 is 5.77. The quantitative estimate of drug-likeness (QED) is 0.892. The average Bonchev–Trinajstić information content (AvgIpc) is 2.26. The van der Waals surface area contributed by atoms with Gasteiger partial charge in [-0.25, -0.2) is 0 Å². The molecule has 1 unspecified atom stereocenters. The number of nitrogens with zero attached hydrogens (tertiary/aromatic N) is 1. The summed E-state index contributed by atoms with van der Waals surface area (Å²) in [6.45, 7) is 5.07. The zero-order valence-corrected chi connectivity index (χ0v) is 12.6. The zero-order valence-electron chi connectivity index (χ0n) is 11.0. The third kappa shape index (κ3) is 4.81. The second-order valence-corrected chi connectivity index (χ2v) is 5.37. The predicted molar refractivity (Wildman–Crippen MR) is 76.4 cm³/mol. The molecule has 20 heavy (non-hydrogen) atoms. The van der Waals surface area contributed by atoms with Crippen LogP contribution in [0.4, 0.5) is 13.2 Å². The zero-order chi connectivity index (χ0) is 14.0. The van der Waals surface area contributed by atoms with Crippen molar-refractivity contribution in [2.45, 2.75) is 25.7 Å². The van der Waals surface area contributed by atoms with Gasteiger partial charge in [-0.3, -0.25) is 4.90 Å². The van der Waals surface area contributed by atoms with Crippen molar-refractivity contribution in [3.05, 3.63) is 34.3 Å². The molecule has 1 fully saturated rings. The van der Waals surface area contributed by atoms with Gasteiger partial charge in [0.05, 0.1) is 5.56 Å². The average molecular weight is 329 g/mol. The Morgan fingerprint density at radius 3 is 2.65 bits per heavy atom. The maximum atomic E-state index is 12.7. The second-order valence-electron chi connectivity index (χ2n) is 4.94. The molecule has 1 atom stereocenters. The third-order valence-corrected chi connectivity index (χ3v) is 3.36. The summed E-state index contributed by atoms with van der Waals surface area (Å²) in [4.78, 5) is 2.13. The number of hydrogen-bond acceptors (Lipinski definition) is 2. The SMILES string of the molecule is CC1CN(Cc2cc(Cl)cc(C(F)(F)F)c2)CCN1.Cl. The van der Waals surface area contributed by atoms with Gasteiger partial charge in [-0.2, -0.15) is 13.2 Å². The van der Waals surface area contributed by atoms with Gasteiger partial charge in [-0.15, -0.1) is 12.4 Å². The van der Waals surface area contributed by atoms with Gasteiger partial charge in [0.1, 0.15) is 0 Å². The van der Waals surface area contributed by atoms with E-state index in [-0.39, 0.29) is 17.4 Å². The molecule has 0 spiro atoms. The summed E-state index contributed by atoms with van der Waals surface area (Å²) in [5, 5.41) is 3.43. The Kier molecular flexibility index (Phi) is 6.13. The highest BCUT2D eigenvalue weighted by Gasteiger charge is 2.31. The first-order valence-electron chi connectivity index (χ1n) is 6.17. The molecule has 1 aromatic rings. The van der Waals surface area contributed by atoms with Gasteiger partial charge in [-0.1, -0.05) is 11.6 Å². The number of hydrogen-bond donors (Lipinski definition) is 1. The molecule has 0 amide bonds. The van der Waals surface area contributed by atoms with Crippen LogP contribution in [0.2, 0.25) is 5.02 Å². The lowest BCUT2D eigenvalue weighted by Gasteiger charge is -2.32. The van der Waals surface area contributed by atoms with Crippen LogP contribution in [-0.2, 0) is 12.7 Å². The van der Waals surface area contributed by atoms with E-state index in [9.17, 15) is 13.2 Å². The van der Waals surface area contributed by atoms with Crippen LogP contribution in [0, 0.1) is 0 Å². The first-order chi connectivity index (χ1) is 8.84. The first-order valence-corrected chi connectivity index (χ1v) is 6.55.